The van der Waals surface area contributed by atoms with Crippen LogP contribution in [-0.4, -0.2) is 5.91 Å². The molecule has 5 heteroatoms. The number of amides is 1. The standard InChI is InChI=1S/C14H12Cl2N2O/c15-11-3-1-10(2-4-11)9-14(19)18-17-13-7-5-12(16)6-8-13/h1-8,17H,9H2,(H,18,19). The summed E-state index contributed by atoms with van der Waals surface area (Å²) in [5.74, 6) is -0.128. The summed E-state index contributed by atoms with van der Waals surface area (Å²) in [5.41, 5.74) is 7.11. The fraction of sp³-hybridized carbons (Fsp3) is 0.0714. The van der Waals surface area contributed by atoms with Crippen LogP contribution in [0.2, 0.25) is 10.0 Å². The number of carbonyl (C=O) groups is 1. The molecule has 19 heavy (non-hydrogen) atoms. The summed E-state index contributed by atoms with van der Waals surface area (Å²) < 4.78 is 0. The van der Waals surface area contributed by atoms with Gasteiger partial charge in [0.2, 0.25) is 5.91 Å². The Balaban J connectivity index is 1.84. The normalized spacial score (nSPS) is 10.0. The maximum Gasteiger partial charge on any atom is 0.242 e. The van der Waals surface area contributed by atoms with Crippen LogP contribution in [0.3, 0.4) is 0 Å². The van der Waals surface area contributed by atoms with Gasteiger partial charge in [0, 0.05) is 10.0 Å². The second-order valence-electron chi connectivity index (χ2n) is 3.98. The molecule has 0 heterocycles. The molecule has 0 aliphatic rings. The average Bonchev–Trinajstić information content (AvgIpc) is 2.41. The van der Waals surface area contributed by atoms with Crippen LogP contribution in [0.1, 0.15) is 5.56 Å². The van der Waals surface area contributed by atoms with Crippen molar-refractivity contribution in [2.45, 2.75) is 6.42 Å². The highest BCUT2D eigenvalue weighted by atomic mass is 35.5. The van der Waals surface area contributed by atoms with Gasteiger partial charge in [-0.3, -0.25) is 15.6 Å². The lowest BCUT2D eigenvalue weighted by atomic mass is 10.1. The number of nitrogens with one attached hydrogen (secondary N) is 2. The summed E-state index contributed by atoms with van der Waals surface area (Å²) in [6.07, 6.45) is 0.289. The van der Waals surface area contributed by atoms with E-state index in [1.165, 1.54) is 0 Å². The molecule has 0 bridgehead atoms. The summed E-state index contributed by atoms with van der Waals surface area (Å²) in [6, 6.07) is 14.2. The summed E-state index contributed by atoms with van der Waals surface area (Å²) in [4.78, 5) is 11.7. The van der Waals surface area contributed by atoms with E-state index < -0.39 is 0 Å². The SMILES string of the molecule is O=C(Cc1ccc(Cl)cc1)NNc1ccc(Cl)cc1. The van der Waals surface area contributed by atoms with E-state index in [-0.39, 0.29) is 12.3 Å². The Morgan fingerprint density at radius 2 is 1.42 bits per heavy atom. The molecule has 0 atom stereocenters. The molecule has 0 saturated carbocycles. The van der Waals surface area contributed by atoms with Crippen molar-refractivity contribution < 1.29 is 4.79 Å². The van der Waals surface area contributed by atoms with E-state index in [1.54, 1.807) is 36.4 Å². The largest absolute Gasteiger partial charge is 0.299 e. The Labute approximate surface area is 121 Å². The molecule has 0 unspecified atom stereocenters. The molecule has 98 valence electrons. The zero-order valence-corrected chi connectivity index (χ0v) is 11.5. The molecule has 3 nitrogen and oxygen atoms in total. The minimum absolute atomic E-state index is 0.128. The second-order valence-corrected chi connectivity index (χ2v) is 4.86. The topological polar surface area (TPSA) is 41.1 Å². The van der Waals surface area contributed by atoms with Gasteiger partial charge in [0.25, 0.3) is 0 Å². The second kappa shape index (κ2) is 6.45. The summed E-state index contributed by atoms with van der Waals surface area (Å²) in [5, 5.41) is 1.31. The number of rotatable bonds is 4. The maximum absolute atomic E-state index is 11.7. The third kappa shape index (κ3) is 4.47. The van der Waals surface area contributed by atoms with Gasteiger partial charge in [0.15, 0.2) is 0 Å². The van der Waals surface area contributed by atoms with Crippen LogP contribution in [0.4, 0.5) is 5.69 Å². The predicted molar refractivity (Wildman–Crippen MR) is 78.4 cm³/mol. The van der Waals surface area contributed by atoms with E-state index >= 15 is 0 Å². The summed E-state index contributed by atoms with van der Waals surface area (Å²) in [6.45, 7) is 0. The van der Waals surface area contributed by atoms with Crippen molar-refractivity contribution in [2.24, 2.45) is 0 Å². The van der Waals surface area contributed by atoms with Gasteiger partial charge in [-0.2, -0.15) is 0 Å². The Morgan fingerprint density at radius 3 is 2.00 bits per heavy atom. The Hall–Kier alpha value is -1.71. The van der Waals surface area contributed by atoms with Crippen molar-refractivity contribution in [1.29, 1.82) is 0 Å². The van der Waals surface area contributed by atoms with E-state index in [9.17, 15) is 4.79 Å². The molecule has 1 amide bonds. The van der Waals surface area contributed by atoms with Gasteiger partial charge >= 0.3 is 0 Å². The first-order valence-electron chi connectivity index (χ1n) is 5.68. The van der Waals surface area contributed by atoms with Crippen LogP contribution in [0.15, 0.2) is 48.5 Å². The minimum Gasteiger partial charge on any atom is -0.299 e. The van der Waals surface area contributed by atoms with E-state index in [1.807, 2.05) is 12.1 Å². The van der Waals surface area contributed by atoms with Crippen LogP contribution in [-0.2, 0) is 11.2 Å². The molecular formula is C14H12Cl2N2O. The number of carbonyl (C=O) groups excluding carboxylic acids is 1. The fourth-order valence-electron chi connectivity index (χ4n) is 1.51. The molecule has 2 aromatic carbocycles. The van der Waals surface area contributed by atoms with E-state index in [2.05, 4.69) is 10.9 Å². The zero-order valence-electron chi connectivity index (χ0n) is 9.99. The lowest BCUT2D eigenvalue weighted by molar-refractivity contribution is -0.119. The molecule has 0 aliphatic carbocycles. The van der Waals surface area contributed by atoms with Crippen LogP contribution < -0.4 is 10.9 Å². The number of hydrazine groups is 1. The van der Waals surface area contributed by atoms with Crippen molar-refractivity contribution in [3.63, 3.8) is 0 Å². The molecule has 0 radical (unpaired) electrons. The predicted octanol–water partition coefficient (Wildman–Crippen LogP) is 3.68. The van der Waals surface area contributed by atoms with Gasteiger partial charge < -0.3 is 0 Å². The van der Waals surface area contributed by atoms with E-state index in [0.717, 1.165) is 11.3 Å². The van der Waals surface area contributed by atoms with E-state index in [0.29, 0.717) is 10.0 Å². The number of hydrogen-bond donors (Lipinski definition) is 2. The fourth-order valence-corrected chi connectivity index (χ4v) is 1.76. The highest BCUT2D eigenvalue weighted by Gasteiger charge is 2.02. The summed E-state index contributed by atoms with van der Waals surface area (Å²) >= 11 is 11.5. The van der Waals surface area contributed by atoms with Crippen molar-refractivity contribution in [3.8, 4) is 0 Å². The van der Waals surface area contributed by atoms with Crippen molar-refractivity contribution in [2.75, 3.05) is 5.43 Å². The summed E-state index contributed by atoms with van der Waals surface area (Å²) in [7, 11) is 0. The highest BCUT2D eigenvalue weighted by molar-refractivity contribution is 6.30. The van der Waals surface area contributed by atoms with Crippen LogP contribution in [0.25, 0.3) is 0 Å². The third-order valence-electron chi connectivity index (χ3n) is 2.47. The Morgan fingerprint density at radius 1 is 0.895 bits per heavy atom. The monoisotopic (exact) mass is 294 g/mol. The first-order chi connectivity index (χ1) is 9.13. The number of hydrogen-bond acceptors (Lipinski definition) is 2. The zero-order chi connectivity index (χ0) is 13.7. The molecular weight excluding hydrogens is 283 g/mol. The number of halogens is 2. The molecule has 0 saturated heterocycles. The number of benzene rings is 2. The lowest BCUT2D eigenvalue weighted by Gasteiger charge is -2.08. The molecule has 2 N–H and O–H groups in total. The van der Waals surface area contributed by atoms with Crippen molar-refractivity contribution in [1.82, 2.24) is 5.43 Å². The molecule has 0 spiro atoms. The first kappa shape index (κ1) is 13.7. The molecule has 0 aliphatic heterocycles. The van der Waals surface area contributed by atoms with Gasteiger partial charge in [0.05, 0.1) is 12.1 Å². The molecule has 2 aromatic rings. The van der Waals surface area contributed by atoms with Gasteiger partial charge in [-0.1, -0.05) is 35.3 Å². The Bertz CT molecular complexity index is 553. The molecule has 2 rings (SSSR count). The smallest absolute Gasteiger partial charge is 0.242 e. The highest BCUT2D eigenvalue weighted by Crippen LogP contribution is 2.12. The van der Waals surface area contributed by atoms with Crippen LogP contribution in [0, 0.1) is 0 Å². The minimum atomic E-state index is -0.128. The molecule has 0 fully saturated rings. The average molecular weight is 295 g/mol. The quantitative estimate of drug-likeness (QED) is 0.845. The van der Waals surface area contributed by atoms with Gasteiger partial charge in [-0.15, -0.1) is 0 Å². The first-order valence-corrected chi connectivity index (χ1v) is 6.44. The van der Waals surface area contributed by atoms with E-state index in [4.69, 9.17) is 23.2 Å². The molecule has 0 aromatic heterocycles. The van der Waals surface area contributed by atoms with Crippen LogP contribution >= 0.6 is 23.2 Å². The van der Waals surface area contributed by atoms with Gasteiger partial charge in [-0.25, -0.2) is 0 Å². The van der Waals surface area contributed by atoms with Gasteiger partial charge in [0.1, 0.15) is 0 Å². The lowest BCUT2D eigenvalue weighted by Crippen LogP contribution is -2.30. The third-order valence-corrected chi connectivity index (χ3v) is 2.97. The van der Waals surface area contributed by atoms with Crippen molar-refractivity contribution in [3.05, 3.63) is 64.1 Å². The maximum atomic E-state index is 11.7. The number of anilines is 1. The van der Waals surface area contributed by atoms with Crippen LogP contribution in [0.5, 0.6) is 0 Å². The van der Waals surface area contributed by atoms with Gasteiger partial charge in [-0.05, 0) is 42.0 Å². The Kier molecular flexibility index (Phi) is 4.66. The van der Waals surface area contributed by atoms with Crippen molar-refractivity contribution >= 4 is 34.8 Å².